The van der Waals surface area contributed by atoms with Crippen molar-refractivity contribution in [1.82, 2.24) is 20.1 Å². The molecule has 0 spiro atoms. The Morgan fingerprint density at radius 2 is 2.23 bits per heavy atom. The Morgan fingerprint density at radius 1 is 1.32 bits per heavy atom. The maximum atomic E-state index is 12.3. The lowest BCUT2D eigenvalue weighted by molar-refractivity contribution is 0.0900. The highest BCUT2D eigenvalue weighted by Gasteiger charge is 2.16. The summed E-state index contributed by atoms with van der Waals surface area (Å²) in [6.07, 6.45) is 5.47. The molecule has 3 aromatic heterocycles. The van der Waals surface area contributed by atoms with Gasteiger partial charge in [-0.2, -0.15) is 5.10 Å². The van der Waals surface area contributed by atoms with Gasteiger partial charge in [0.1, 0.15) is 11.9 Å². The van der Waals surface area contributed by atoms with Crippen LogP contribution >= 0.6 is 0 Å². The third-order valence-corrected chi connectivity index (χ3v) is 3.08. The van der Waals surface area contributed by atoms with Crippen LogP contribution in [0.2, 0.25) is 0 Å². The van der Waals surface area contributed by atoms with E-state index in [0.29, 0.717) is 17.1 Å². The average molecular weight is 298 g/mol. The number of rotatable bonds is 5. The van der Waals surface area contributed by atoms with Crippen molar-refractivity contribution in [2.45, 2.75) is 6.10 Å². The van der Waals surface area contributed by atoms with E-state index in [1.807, 2.05) is 0 Å². The molecule has 1 unspecified atom stereocenters. The highest BCUT2D eigenvalue weighted by Crippen LogP contribution is 2.13. The summed E-state index contributed by atoms with van der Waals surface area (Å²) in [6.45, 7) is 0.0415. The largest absolute Gasteiger partial charge is 0.467 e. The molecule has 0 radical (unpaired) electrons. The van der Waals surface area contributed by atoms with E-state index >= 15 is 0 Å². The van der Waals surface area contributed by atoms with Gasteiger partial charge in [0.25, 0.3) is 5.91 Å². The Morgan fingerprint density at radius 3 is 2.95 bits per heavy atom. The topological polar surface area (TPSA) is 93.2 Å². The summed E-state index contributed by atoms with van der Waals surface area (Å²) in [7, 11) is 0. The third-order valence-electron chi connectivity index (χ3n) is 3.08. The number of carbonyl (C=O) groups excluding carboxylic acids is 1. The molecule has 0 aliphatic heterocycles. The van der Waals surface area contributed by atoms with Gasteiger partial charge in [-0.25, -0.2) is 9.67 Å². The molecule has 112 valence electrons. The first-order chi connectivity index (χ1) is 10.8. The van der Waals surface area contributed by atoms with Crippen molar-refractivity contribution >= 4 is 5.91 Å². The fourth-order valence-electron chi connectivity index (χ4n) is 2.02. The number of aromatic nitrogens is 3. The molecule has 0 fully saturated rings. The number of nitrogens with one attached hydrogen (secondary N) is 1. The van der Waals surface area contributed by atoms with Gasteiger partial charge in [-0.05, 0) is 30.3 Å². The molecule has 22 heavy (non-hydrogen) atoms. The summed E-state index contributed by atoms with van der Waals surface area (Å²) in [5.74, 6) is 0.487. The first-order valence-corrected chi connectivity index (χ1v) is 6.70. The SMILES string of the molecule is O=C(NCC(O)c1ccco1)c1cccnc1-n1cccn1. The van der Waals surface area contributed by atoms with E-state index in [2.05, 4.69) is 15.4 Å². The molecule has 0 aromatic carbocycles. The van der Waals surface area contributed by atoms with E-state index in [1.165, 1.54) is 10.9 Å². The van der Waals surface area contributed by atoms with Gasteiger partial charge in [0.15, 0.2) is 5.82 Å². The maximum absolute atomic E-state index is 12.3. The van der Waals surface area contributed by atoms with E-state index in [-0.39, 0.29) is 12.5 Å². The first-order valence-electron chi connectivity index (χ1n) is 6.70. The van der Waals surface area contributed by atoms with Gasteiger partial charge in [-0.3, -0.25) is 4.79 Å². The average Bonchev–Trinajstić information content (AvgIpc) is 3.24. The molecule has 0 saturated carbocycles. The molecule has 7 nitrogen and oxygen atoms in total. The summed E-state index contributed by atoms with van der Waals surface area (Å²) in [5, 5.41) is 16.7. The molecule has 1 amide bonds. The Bertz CT molecular complexity index is 738. The number of nitrogens with zero attached hydrogens (tertiary/aromatic N) is 3. The van der Waals surface area contributed by atoms with Crippen LogP contribution in [-0.2, 0) is 0 Å². The van der Waals surface area contributed by atoms with E-state index < -0.39 is 6.10 Å². The second kappa shape index (κ2) is 6.23. The van der Waals surface area contributed by atoms with Crippen LogP contribution in [0, 0.1) is 0 Å². The minimum Gasteiger partial charge on any atom is -0.467 e. The highest BCUT2D eigenvalue weighted by atomic mass is 16.4. The highest BCUT2D eigenvalue weighted by molar-refractivity contribution is 5.97. The number of furan rings is 1. The number of carbonyl (C=O) groups is 1. The van der Waals surface area contributed by atoms with Crippen molar-refractivity contribution in [2.24, 2.45) is 0 Å². The Balaban J connectivity index is 1.73. The molecule has 0 saturated heterocycles. The lowest BCUT2D eigenvalue weighted by Crippen LogP contribution is -2.29. The predicted molar refractivity (Wildman–Crippen MR) is 77.4 cm³/mol. The van der Waals surface area contributed by atoms with E-state index in [4.69, 9.17) is 4.42 Å². The molecule has 7 heteroatoms. The van der Waals surface area contributed by atoms with Crippen molar-refractivity contribution in [3.8, 4) is 5.82 Å². The molecule has 3 heterocycles. The van der Waals surface area contributed by atoms with Gasteiger partial charge < -0.3 is 14.8 Å². The van der Waals surface area contributed by atoms with Gasteiger partial charge in [0.2, 0.25) is 0 Å². The van der Waals surface area contributed by atoms with Crippen molar-refractivity contribution in [3.63, 3.8) is 0 Å². The molecule has 0 aliphatic carbocycles. The van der Waals surface area contributed by atoms with Gasteiger partial charge in [-0.1, -0.05) is 0 Å². The Kier molecular flexibility index (Phi) is 3.97. The second-order valence-electron chi connectivity index (χ2n) is 4.57. The smallest absolute Gasteiger partial charge is 0.255 e. The number of pyridine rings is 1. The number of amides is 1. The molecule has 3 aromatic rings. The zero-order valence-corrected chi connectivity index (χ0v) is 11.6. The fraction of sp³-hybridized carbons (Fsp3) is 0.133. The second-order valence-corrected chi connectivity index (χ2v) is 4.57. The van der Waals surface area contributed by atoms with Crippen molar-refractivity contribution in [1.29, 1.82) is 0 Å². The van der Waals surface area contributed by atoms with Crippen molar-refractivity contribution < 1.29 is 14.3 Å². The van der Waals surface area contributed by atoms with Crippen LogP contribution in [0.4, 0.5) is 0 Å². The molecular weight excluding hydrogens is 284 g/mol. The van der Waals surface area contributed by atoms with Crippen LogP contribution in [0.15, 0.2) is 59.6 Å². The molecule has 1 atom stereocenters. The predicted octanol–water partition coefficient (Wildman–Crippen LogP) is 1.32. The molecule has 2 N–H and O–H groups in total. The van der Waals surface area contributed by atoms with Gasteiger partial charge in [0, 0.05) is 18.6 Å². The molecule has 0 bridgehead atoms. The van der Waals surface area contributed by atoms with Gasteiger partial charge in [0.05, 0.1) is 18.4 Å². The van der Waals surface area contributed by atoms with Crippen molar-refractivity contribution in [2.75, 3.05) is 6.54 Å². The van der Waals surface area contributed by atoms with Crippen LogP contribution in [0.25, 0.3) is 5.82 Å². The number of aliphatic hydroxyl groups excluding tert-OH is 1. The first kappa shape index (κ1) is 14.0. The quantitative estimate of drug-likeness (QED) is 0.741. The number of hydrogen-bond acceptors (Lipinski definition) is 5. The van der Waals surface area contributed by atoms with Crippen LogP contribution < -0.4 is 5.32 Å². The summed E-state index contributed by atoms with van der Waals surface area (Å²) in [6, 6.07) is 8.40. The molecule has 0 aliphatic rings. The molecule has 3 rings (SSSR count). The van der Waals surface area contributed by atoms with E-state index in [9.17, 15) is 9.90 Å². The summed E-state index contributed by atoms with van der Waals surface area (Å²) < 4.78 is 6.60. The van der Waals surface area contributed by atoms with Crippen LogP contribution in [0.5, 0.6) is 0 Å². The Hall–Kier alpha value is -2.93. The lowest BCUT2D eigenvalue weighted by Gasteiger charge is -2.11. The molecular formula is C15H14N4O3. The van der Waals surface area contributed by atoms with E-state index in [1.54, 1.807) is 48.9 Å². The lowest BCUT2D eigenvalue weighted by atomic mass is 10.2. The van der Waals surface area contributed by atoms with Crippen molar-refractivity contribution in [3.05, 3.63) is 66.5 Å². The van der Waals surface area contributed by atoms with Gasteiger partial charge >= 0.3 is 0 Å². The fourth-order valence-corrected chi connectivity index (χ4v) is 2.02. The number of aliphatic hydroxyl groups is 1. The van der Waals surface area contributed by atoms with Crippen LogP contribution in [0.1, 0.15) is 22.2 Å². The number of hydrogen-bond donors (Lipinski definition) is 2. The Labute approximate surface area is 126 Å². The summed E-state index contributed by atoms with van der Waals surface area (Å²) >= 11 is 0. The normalized spacial score (nSPS) is 12.0. The minimum absolute atomic E-state index is 0.0415. The monoisotopic (exact) mass is 298 g/mol. The zero-order valence-electron chi connectivity index (χ0n) is 11.6. The minimum atomic E-state index is -0.899. The van der Waals surface area contributed by atoms with Crippen LogP contribution in [-0.4, -0.2) is 32.3 Å². The third kappa shape index (κ3) is 2.89. The van der Waals surface area contributed by atoms with Crippen LogP contribution in [0.3, 0.4) is 0 Å². The summed E-state index contributed by atoms with van der Waals surface area (Å²) in [4.78, 5) is 16.5. The summed E-state index contributed by atoms with van der Waals surface area (Å²) in [5.41, 5.74) is 0.373. The van der Waals surface area contributed by atoms with E-state index in [0.717, 1.165) is 0 Å². The zero-order chi connectivity index (χ0) is 15.4. The van der Waals surface area contributed by atoms with Gasteiger partial charge in [-0.15, -0.1) is 0 Å². The standard InChI is InChI=1S/C15H14N4O3/c20-12(13-5-2-9-22-13)10-17-15(21)11-4-1-6-16-14(11)19-8-3-7-18-19/h1-9,12,20H,10H2,(H,17,21). The maximum Gasteiger partial charge on any atom is 0.255 e.